The molecular formula is C18H32N2O7. The molecule has 0 aromatic heterocycles. The van der Waals surface area contributed by atoms with Crippen LogP contribution in [0, 0.1) is 0 Å². The Hall–Kier alpha value is -1.42. The molecule has 0 bridgehead atoms. The maximum absolute atomic E-state index is 12.4. The fraction of sp³-hybridized carbons (Fsp3) is 0.889. The monoisotopic (exact) mass is 388 g/mol. The lowest BCUT2D eigenvalue weighted by Gasteiger charge is -2.28. The number of carbonyl (C=O) groups excluding carboxylic acids is 1. The van der Waals surface area contributed by atoms with Gasteiger partial charge in [0.15, 0.2) is 0 Å². The molecule has 0 aromatic rings. The summed E-state index contributed by atoms with van der Waals surface area (Å²) in [5.41, 5.74) is -1.10. The molecule has 9 heteroatoms. The van der Waals surface area contributed by atoms with E-state index in [2.05, 4.69) is 5.32 Å². The maximum Gasteiger partial charge on any atom is 0.410 e. The Labute approximate surface area is 159 Å². The first-order valence-electron chi connectivity index (χ1n) is 9.23. The van der Waals surface area contributed by atoms with Gasteiger partial charge in [-0.3, -0.25) is 15.0 Å². The first-order valence-corrected chi connectivity index (χ1v) is 9.23. The van der Waals surface area contributed by atoms with Crippen LogP contribution in [0.2, 0.25) is 0 Å². The summed E-state index contributed by atoms with van der Waals surface area (Å²) in [5, 5.41) is 22.3. The van der Waals surface area contributed by atoms with E-state index in [-0.39, 0.29) is 19.2 Å². The van der Waals surface area contributed by atoms with Crippen molar-refractivity contribution in [3.05, 3.63) is 0 Å². The average Bonchev–Trinajstić information content (AvgIpc) is 3.12. The van der Waals surface area contributed by atoms with Crippen molar-refractivity contribution in [1.29, 1.82) is 0 Å². The zero-order valence-electron chi connectivity index (χ0n) is 16.9. The Morgan fingerprint density at radius 1 is 1.22 bits per heavy atom. The molecule has 3 N–H and O–H groups in total. The summed E-state index contributed by atoms with van der Waals surface area (Å²) in [5.74, 6) is -1.04. The zero-order chi connectivity index (χ0) is 20.6. The molecule has 2 aliphatic heterocycles. The van der Waals surface area contributed by atoms with Gasteiger partial charge in [0.2, 0.25) is 0 Å². The van der Waals surface area contributed by atoms with Crippen LogP contribution in [0.1, 0.15) is 48.0 Å². The van der Waals surface area contributed by atoms with Gasteiger partial charge in [-0.1, -0.05) is 0 Å². The van der Waals surface area contributed by atoms with Gasteiger partial charge in [-0.2, -0.15) is 0 Å². The van der Waals surface area contributed by atoms with Crippen LogP contribution in [0.15, 0.2) is 0 Å². The molecule has 2 unspecified atom stereocenters. The van der Waals surface area contributed by atoms with E-state index in [0.717, 1.165) is 0 Å². The highest BCUT2D eigenvalue weighted by Crippen LogP contribution is 2.34. The third kappa shape index (κ3) is 6.60. The van der Waals surface area contributed by atoms with E-state index in [1.54, 1.807) is 20.8 Å². The van der Waals surface area contributed by atoms with Gasteiger partial charge in [-0.05, 0) is 48.0 Å². The standard InChI is InChI=1S/C18H32N2O7/c1-17(2,3)25-9-11(15(22)23)19-14-13(26-14)12-7-10(21)8-20(12)16(24)27-18(4,5)6/h10-14,19,21H,7-9H2,1-6H3,(H,22,23)/t10-,11-,12+,13?,14?/m0/s1. The minimum absolute atomic E-state index is 0.00547. The number of likely N-dealkylation sites (tertiary alicyclic amines) is 1. The molecule has 0 spiro atoms. The van der Waals surface area contributed by atoms with Gasteiger partial charge in [0.25, 0.3) is 0 Å². The molecule has 2 saturated heterocycles. The molecule has 156 valence electrons. The lowest BCUT2D eigenvalue weighted by Crippen LogP contribution is -2.47. The van der Waals surface area contributed by atoms with Crippen molar-refractivity contribution in [3.63, 3.8) is 0 Å². The van der Waals surface area contributed by atoms with E-state index in [1.165, 1.54) is 4.90 Å². The highest BCUT2D eigenvalue weighted by Gasteiger charge is 2.53. The number of carboxylic acids is 1. The number of rotatable bonds is 6. The van der Waals surface area contributed by atoms with Gasteiger partial charge in [-0.25, -0.2) is 4.79 Å². The van der Waals surface area contributed by atoms with Crippen LogP contribution in [-0.4, -0.2) is 82.0 Å². The smallest absolute Gasteiger partial charge is 0.410 e. The Bertz CT molecular complexity index is 555. The van der Waals surface area contributed by atoms with Crippen molar-refractivity contribution in [2.75, 3.05) is 13.2 Å². The van der Waals surface area contributed by atoms with E-state index < -0.39 is 47.7 Å². The second kappa shape index (κ2) is 7.90. The molecule has 1 amide bonds. The number of nitrogens with zero attached hydrogens (tertiary/aromatic N) is 1. The SMILES string of the molecule is CC(C)(C)OC[C@H](NC1OC1[C@H]1C[C@H](O)CN1C(=O)OC(C)(C)C)C(=O)O. The van der Waals surface area contributed by atoms with Crippen molar-refractivity contribution in [1.82, 2.24) is 10.2 Å². The van der Waals surface area contributed by atoms with Crippen molar-refractivity contribution in [2.45, 2.75) is 89.7 Å². The van der Waals surface area contributed by atoms with Crippen LogP contribution < -0.4 is 5.32 Å². The lowest BCUT2D eigenvalue weighted by molar-refractivity contribution is -0.143. The number of carboxylic acid groups (broad SMARTS) is 1. The molecule has 0 aliphatic carbocycles. The van der Waals surface area contributed by atoms with Gasteiger partial charge in [0.05, 0.1) is 30.9 Å². The number of aliphatic carboxylic acids is 1. The molecular weight excluding hydrogens is 356 g/mol. The third-order valence-corrected chi connectivity index (χ3v) is 4.20. The molecule has 2 rings (SSSR count). The number of amides is 1. The van der Waals surface area contributed by atoms with Gasteiger partial charge >= 0.3 is 12.1 Å². The lowest BCUT2D eigenvalue weighted by atomic mass is 10.1. The van der Waals surface area contributed by atoms with E-state index >= 15 is 0 Å². The Morgan fingerprint density at radius 3 is 2.37 bits per heavy atom. The molecule has 0 radical (unpaired) electrons. The van der Waals surface area contributed by atoms with Crippen LogP contribution in [0.5, 0.6) is 0 Å². The van der Waals surface area contributed by atoms with Gasteiger partial charge in [0.1, 0.15) is 24.0 Å². The molecule has 2 heterocycles. The number of β-amino-alcohol motifs (C(OH)–C–C–N with tert-alkyl or cyclic N) is 1. The highest BCUT2D eigenvalue weighted by molar-refractivity contribution is 5.73. The summed E-state index contributed by atoms with van der Waals surface area (Å²) >= 11 is 0. The van der Waals surface area contributed by atoms with E-state index in [4.69, 9.17) is 14.2 Å². The first kappa shape index (κ1) is 21.9. The second-order valence-electron chi connectivity index (χ2n) is 9.09. The molecule has 0 aromatic carbocycles. The summed E-state index contributed by atoms with van der Waals surface area (Å²) in [4.78, 5) is 25.3. The Balaban J connectivity index is 1.94. The number of ether oxygens (including phenoxy) is 3. The summed E-state index contributed by atoms with van der Waals surface area (Å²) in [7, 11) is 0. The van der Waals surface area contributed by atoms with Crippen molar-refractivity contribution < 1.29 is 34.0 Å². The summed E-state index contributed by atoms with van der Waals surface area (Å²) < 4.78 is 16.5. The predicted molar refractivity (Wildman–Crippen MR) is 96.3 cm³/mol. The normalized spacial score (nSPS) is 29.5. The number of aliphatic hydroxyl groups is 1. The number of aliphatic hydroxyl groups excluding tert-OH is 1. The quantitative estimate of drug-likeness (QED) is 0.575. The minimum atomic E-state index is -1.04. The molecule has 0 saturated carbocycles. The van der Waals surface area contributed by atoms with Crippen LogP contribution in [0.4, 0.5) is 4.79 Å². The van der Waals surface area contributed by atoms with E-state index in [0.29, 0.717) is 6.42 Å². The largest absolute Gasteiger partial charge is 0.480 e. The highest BCUT2D eigenvalue weighted by atomic mass is 16.6. The molecule has 27 heavy (non-hydrogen) atoms. The van der Waals surface area contributed by atoms with Crippen LogP contribution in [0.25, 0.3) is 0 Å². The molecule has 2 aliphatic rings. The number of hydrogen-bond donors (Lipinski definition) is 3. The van der Waals surface area contributed by atoms with E-state index in [9.17, 15) is 19.8 Å². The summed E-state index contributed by atoms with van der Waals surface area (Å²) in [6.45, 7) is 11.0. The van der Waals surface area contributed by atoms with Crippen molar-refractivity contribution >= 4 is 12.1 Å². The van der Waals surface area contributed by atoms with Crippen LogP contribution in [0.3, 0.4) is 0 Å². The molecule has 2 fully saturated rings. The summed E-state index contributed by atoms with van der Waals surface area (Å²) in [6.07, 6.45) is -1.73. The van der Waals surface area contributed by atoms with Crippen molar-refractivity contribution in [2.24, 2.45) is 0 Å². The maximum atomic E-state index is 12.4. The topological polar surface area (TPSA) is 121 Å². The average molecular weight is 388 g/mol. The third-order valence-electron chi connectivity index (χ3n) is 4.20. The fourth-order valence-electron chi connectivity index (χ4n) is 2.96. The molecule has 5 atom stereocenters. The minimum Gasteiger partial charge on any atom is -0.480 e. The zero-order valence-corrected chi connectivity index (χ0v) is 16.9. The Morgan fingerprint density at radius 2 is 1.85 bits per heavy atom. The van der Waals surface area contributed by atoms with Gasteiger partial charge in [-0.15, -0.1) is 0 Å². The molecule has 9 nitrogen and oxygen atoms in total. The van der Waals surface area contributed by atoms with Crippen LogP contribution >= 0.6 is 0 Å². The Kier molecular flexibility index (Phi) is 6.40. The predicted octanol–water partition coefficient (Wildman–Crippen LogP) is 0.940. The van der Waals surface area contributed by atoms with Crippen LogP contribution in [-0.2, 0) is 19.0 Å². The number of carbonyl (C=O) groups is 2. The van der Waals surface area contributed by atoms with Gasteiger partial charge in [0, 0.05) is 0 Å². The number of epoxide rings is 1. The van der Waals surface area contributed by atoms with E-state index in [1.807, 2.05) is 20.8 Å². The van der Waals surface area contributed by atoms with Crippen molar-refractivity contribution in [3.8, 4) is 0 Å². The second-order valence-corrected chi connectivity index (χ2v) is 9.09. The fourth-order valence-corrected chi connectivity index (χ4v) is 2.96. The number of nitrogens with one attached hydrogen (secondary N) is 1. The van der Waals surface area contributed by atoms with Gasteiger partial charge < -0.3 is 24.4 Å². The first-order chi connectivity index (χ1) is 12.3. The summed E-state index contributed by atoms with van der Waals surface area (Å²) in [6, 6.07) is -1.30. The number of hydrogen-bond acceptors (Lipinski definition) is 7.